The van der Waals surface area contributed by atoms with E-state index in [0.29, 0.717) is 6.42 Å². The summed E-state index contributed by atoms with van der Waals surface area (Å²) in [6.07, 6.45) is 4.11. The Bertz CT molecular complexity index is 549. The number of hydrogen-bond acceptors (Lipinski definition) is 1. The van der Waals surface area contributed by atoms with Gasteiger partial charge >= 0.3 is 0 Å². The van der Waals surface area contributed by atoms with Gasteiger partial charge in [0.25, 0.3) is 0 Å². The number of H-pyrrole nitrogens is 1. The Balaban J connectivity index is 2.47. The van der Waals surface area contributed by atoms with Gasteiger partial charge in [0.05, 0.1) is 0 Å². The number of ketones is 1. The predicted molar refractivity (Wildman–Crippen MR) is 67.4 cm³/mol. The van der Waals surface area contributed by atoms with Crippen molar-refractivity contribution in [1.29, 1.82) is 0 Å². The fourth-order valence-electron chi connectivity index (χ4n) is 1.81. The van der Waals surface area contributed by atoms with Crippen LogP contribution >= 0.6 is 0 Å². The zero-order valence-corrected chi connectivity index (χ0v) is 9.58. The number of fused-ring (bicyclic) bond motifs is 1. The van der Waals surface area contributed by atoms with Crippen LogP contribution < -0.4 is 0 Å². The van der Waals surface area contributed by atoms with Gasteiger partial charge in [-0.2, -0.15) is 0 Å². The van der Waals surface area contributed by atoms with Gasteiger partial charge in [0, 0.05) is 28.6 Å². The lowest BCUT2D eigenvalue weighted by atomic mass is 10.1. The van der Waals surface area contributed by atoms with Gasteiger partial charge in [-0.25, -0.2) is 0 Å². The molecule has 0 bridgehead atoms. The Labute approximate surface area is 95.0 Å². The van der Waals surface area contributed by atoms with Gasteiger partial charge in [0.1, 0.15) is 0 Å². The van der Waals surface area contributed by atoms with Crippen LogP contribution in [0.25, 0.3) is 17.0 Å². The Morgan fingerprint density at radius 1 is 1.38 bits per heavy atom. The summed E-state index contributed by atoms with van der Waals surface area (Å²) in [7, 11) is 0. The molecular weight excluding hydrogens is 198 g/mol. The minimum atomic E-state index is 0.157. The molecule has 1 aromatic carbocycles. The number of aromatic amines is 1. The average Bonchev–Trinajstić information content (AvgIpc) is 2.62. The first-order valence-corrected chi connectivity index (χ1v) is 5.50. The molecule has 0 amide bonds. The fourth-order valence-corrected chi connectivity index (χ4v) is 1.81. The third kappa shape index (κ3) is 1.91. The van der Waals surface area contributed by atoms with E-state index in [9.17, 15) is 4.79 Å². The van der Waals surface area contributed by atoms with E-state index in [0.717, 1.165) is 16.8 Å². The van der Waals surface area contributed by atoms with Gasteiger partial charge in [0.15, 0.2) is 5.78 Å². The van der Waals surface area contributed by atoms with Crippen LogP contribution in [0.5, 0.6) is 0 Å². The van der Waals surface area contributed by atoms with E-state index in [1.165, 1.54) is 5.39 Å². The van der Waals surface area contributed by atoms with E-state index in [-0.39, 0.29) is 5.78 Å². The minimum absolute atomic E-state index is 0.157. The molecule has 0 aliphatic rings. The monoisotopic (exact) mass is 213 g/mol. The summed E-state index contributed by atoms with van der Waals surface area (Å²) < 4.78 is 0. The van der Waals surface area contributed by atoms with Crippen molar-refractivity contribution in [3.63, 3.8) is 0 Å². The first-order valence-electron chi connectivity index (χ1n) is 5.50. The zero-order chi connectivity index (χ0) is 11.5. The van der Waals surface area contributed by atoms with Crippen molar-refractivity contribution in [2.45, 2.75) is 20.3 Å². The molecule has 16 heavy (non-hydrogen) atoms. The molecule has 0 saturated heterocycles. The fraction of sp³-hybridized carbons (Fsp3) is 0.214. The molecular formula is C14H15NO. The molecule has 0 spiro atoms. The van der Waals surface area contributed by atoms with Crippen molar-refractivity contribution in [2.75, 3.05) is 0 Å². The Kier molecular flexibility index (Phi) is 2.91. The number of aryl methyl sites for hydroxylation is 1. The van der Waals surface area contributed by atoms with Gasteiger partial charge in [0.2, 0.25) is 0 Å². The summed E-state index contributed by atoms with van der Waals surface area (Å²) in [4.78, 5) is 14.6. The van der Waals surface area contributed by atoms with Crippen LogP contribution in [0.3, 0.4) is 0 Å². The molecule has 2 heteroatoms. The van der Waals surface area contributed by atoms with Crippen LogP contribution in [0.1, 0.15) is 24.6 Å². The first kappa shape index (κ1) is 10.7. The molecule has 1 aromatic heterocycles. The number of hydrogen-bond donors (Lipinski definition) is 1. The molecule has 0 aliphatic carbocycles. The molecule has 0 unspecified atom stereocenters. The molecule has 1 N–H and O–H groups in total. The van der Waals surface area contributed by atoms with Crippen LogP contribution in [0, 0.1) is 6.92 Å². The van der Waals surface area contributed by atoms with Crippen LogP contribution in [0.2, 0.25) is 0 Å². The molecule has 2 aromatic rings. The quantitative estimate of drug-likeness (QED) is 0.778. The number of allylic oxidation sites excluding steroid dienone is 1. The van der Waals surface area contributed by atoms with Gasteiger partial charge in [-0.1, -0.05) is 25.1 Å². The maximum atomic E-state index is 11.3. The Morgan fingerprint density at radius 3 is 2.88 bits per heavy atom. The number of aromatic nitrogens is 1. The second kappa shape index (κ2) is 4.35. The van der Waals surface area contributed by atoms with Crippen molar-refractivity contribution in [3.8, 4) is 0 Å². The minimum Gasteiger partial charge on any atom is -0.358 e. The van der Waals surface area contributed by atoms with Crippen molar-refractivity contribution < 1.29 is 4.79 Å². The highest BCUT2D eigenvalue weighted by molar-refractivity contribution is 5.97. The summed E-state index contributed by atoms with van der Waals surface area (Å²) in [6, 6.07) is 8.12. The number of carbonyl (C=O) groups is 1. The number of para-hydroxylation sites is 1. The van der Waals surface area contributed by atoms with Gasteiger partial charge in [-0.05, 0) is 25.1 Å². The lowest BCUT2D eigenvalue weighted by molar-refractivity contribution is -0.114. The Hall–Kier alpha value is -1.83. The summed E-state index contributed by atoms with van der Waals surface area (Å²) in [5, 5.41) is 1.17. The normalized spacial score (nSPS) is 11.4. The SMILES string of the molecule is CCC(=O)/C=C/c1c(C)[nH]c2ccccc12. The number of benzene rings is 1. The van der Waals surface area contributed by atoms with Gasteiger partial charge in [-0.3, -0.25) is 4.79 Å². The van der Waals surface area contributed by atoms with Crippen molar-refractivity contribution in [3.05, 3.63) is 41.6 Å². The zero-order valence-electron chi connectivity index (χ0n) is 9.58. The first-order chi connectivity index (χ1) is 7.72. The molecule has 0 saturated carbocycles. The topological polar surface area (TPSA) is 32.9 Å². The van der Waals surface area contributed by atoms with Crippen LogP contribution in [0.15, 0.2) is 30.3 Å². The number of nitrogens with one attached hydrogen (secondary N) is 1. The van der Waals surface area contributed by atoms with Crippen LogP contribution in [0.4, 0.5) is 0 Å². The summed E-state index contributed by atoms with van der Waals surface area (Å²) in [6.45, 7) is 3.89. The van der Waals surface area contributed by atoms with Crippen molar-refractivity contribution >= 4 is 22.8 Å². The van der Waals surface area contributed by atoms with E-state index < -0.39 is 0 Å². The second-order valence-corrected chi connectivity index (χ2v) is 3.86. The van der Waals surface area contributed by atoms with E-state index in [1.807, 2.05) is 38.1 Å². The van der Waals surface area contributed by atoms with Crippen LogP contribution in [-0.4, -0.2) is 10.8 Å². The molecule has 0 fully saturated rings. The largest absolute Gasteiger partial charge is 0.358 e. The van der Waals surface area contributed by atoms with Crippen molar-refractivity contribution in [1.82, 2.24) is 4.98 Å². The third-order valence-corrected chi connectivity index (χ3v) is 2.73. The van der Waals surface area contributed by atoms with Gasteiger partial charge < -0.3 is 4.98 Å². The standard InChI is InChI=1S/C14H15NO/c1-3-11(16)8-9-12-10(2)15-14-7-5-4-6-13(12)14/h4-9,15H,3H2,1-2H3/b9-8+. The molecule has 82 valence electrons. The molecule has 2 rings (SSSR count). The smallest absolute Gasteiger partial charge is 0.155 e. The summed E-state index contributed by atoms with van der Waals surface area (Å²) >= 11 is 0. The molecule has 0 aliphatic heterocycles. The lowest BCUT2D eigenvalue weighted by Gasteiger charge is -1.92. The van der Waals surface area contributed by atoms with E-state index in [1.54, 1.807) is 6.08 Å². The van der Waals surface area contributed by atoms with Crippen LogP contribution in [-0.2, 0) is 4.79 Å². The summed E-state index contributed by atoms with van der Waals surface area (Å²) in [5.74, 6) is 0.157. The van der Waals surface area contributed by atoms with E-state index in [2.05, 4.69) is 11.1 Å². The highest BCUT2D eigenvalue weighted by Gasteiger charge is 2.04. The lowest BCUT2D eigenvalue weighted by Crippen LogP contribution is -1.87. The second-order valence-electron chi connectivity index (χ2n) is 3.86. The molecule has 2 nitrogen and oxygen atoms in total. The maximum Gasteiger partial charge on any atom is 0.155 e. The number of rotatable bonds is 3. The molecule has 0 atom stereocenters. The molecule has 0 radical (unpaired) electrons. The van der Waals surface area contributed by atoms with Gasteiger partial charge in [-0.15, -0.1) is 0 Å². The van der Waals surface area contributed by atoms with E-state index >= 15 is 0 Å². The summed E-state index contributed by atoms with van der Waals surface area (Å²) in [5.41, 5.74) is 3.32. The Morgan fingerprint density at radius 2 is 2.12 bits per heavy atom. The predicted octanol–water partition coefficient (Wildman–Crippen LogP) is 3.47. The molecule has 1 heterocycles. The highest BCUT2D eigenvalue weighted by atomic mass is 16.1. The van der Waals surface area contributed by atoms with E-state index in [4.69, 9.17) is 0 Å². The maximum absolute atomic E-state index is 11.3. The number of carbonyl (C=O) groups excluding carboxylic acids is 1. The third-order valence-electron chi connectivity index (χ3n) is 2.73. The van der Waals surface area contributed by atoms with Crippen molar-refractivity contribution in [2.24, 2.45) is 0 Å². The average molecular weight is 213 g/mol. The highest BCUT2D eigenvalue weighted by Crippen LogP contribution is 2.22.